The monoisotopic (exact) mass is 408 g/mol. The molecule has 30 heavy (non-hydrogen) atoms. The standard InChI is InChI=1S/C20H24N8O2/c1-13-7-14(2)28(26-13)18-9-17(23-11-24-18)21-5-6-22-19(29)10-27-12-25-16(8-20(27)30)15-3-4-15/h7-9,11-12,15H,3-6,10H2,1-2H3,(H,22,29)(H,21,23,24). The molecule has 4 rings (SSSR count). The van der Waals surface area contributed by atoms with Crippen molar-refractivity contribution < 1.29 is 4.79 Å². The molecule has 0 radical (unpaired) electrons. The Balaban J connectivity index is 1.26. The average Bonchev–Trinajstić information content (AvgIpc) is 3.51. The van der Waals surface area contributed by atoms with E-state index in [4.69, 9.17) is 0 Å². The molecule has 3 aromatic heterocycles. The smallest absolute Gasteiger partial charge is 0.254 e. The molecule has 0 unspecified atom stereocenters. The summed E-state index contributed by atoms with van der Waals surface area (Å²) in [4.78, 5) is 37.0. The summed E-state index contributed by atoms with van der Waals surface area (Å²) < 4.78 is 3.07. The maximum Gasteiger partial charge on any atom is 0.254 e. The molecule has 1 aliphatic carbocycles. The van der Waals surface area contributed by atoms with Crippen LogP contribution in [0, 0.1) is 13.8 Å². The van der Waals surface area contributed by atoms with Gasteiger partial charge in [-0.3, -0.25) is 14.2 Å². The summed E-state index contributed by atoms with van der Waals surface area (Å²) in [5.74, 6) is 1.48. The van der Waals surface area contributed by atoms with Crippen molar-refractivity contribution in [2.45, 2.75) is 39.2 Å². The molecule has 10 heteroatoms. The molecule has 10 nitrogen and oxygen atoms in total. The van der Waals surface area contributed by atoms with Crippen LogP contribution in [0.2, 0.25) is 0 Å². The number of nitrogens with one attached hydrogen (secondary N) is 2. The molecule has 0 saturated heterocycles. The number of aromatic nitrogens is 6. The van der Waals surface area contributed by atoms with Crippen molar-refractivity contribution in [3.05, 3.63) is 58.3 Å². The van der Waals surface area contributed by atoms with E-state index in [9.17, 15) is 9.59 Å². The highest BCUT2D eigenvalue weighted by Crippen LogP contribution is 2.38. The van der Waals surface area contributed by atoms with Crippen LogP contribution in [0.4, 0.5) is 5.82 Å². The van der Waals surface area contributed by atoms with Crippen LogP contribution in [0.15, 0.2) is 35.6 Å². The van der Waals surface area contributed by atoms with E-state index in [0.717, 1.165) is 29.9 Å². The normalized spacial score (nSPS) is 13.3. The molecule has 0 aromatic carbocycles. The van der Waals surface area contributed by atoms with Gasteiger partial charge in [0, 0.05) is 36.8 Å². The minimum atomic E-state index is -0.245. The number of anilines is 1. The maximum absolute atomic E-state index is 12.1. The Hall–Kier alpha value is -3.56. The van der Waals surface area contributed by atoms with Crippen LogP contribution in [0.5, 0.6) is 0 Å². The first-order valence-electron chi connectivity index (χ1n) is 9.92. The van der Waals surface area contributed by atoms with E-state index in [1.807, 2.05) is 19.9 Å². The Morgan fingerprint density at radius 2 is 1.97 bits per heavy atom. The predicted octanol–water partition coefficient (Wildman–Crippen LogP) is 0.942. The summed E-state index contributed by atoms with van der Waals surface area (Å²) >= 11 is 0. The topological polar surface area (TPSA) is 120 Å². The van der Waals surface area contributed by atoms with Gasteiger partial charge >= 0.3 is 0 Å². The molecule has 156 valence electrons. The molecule has 1 fully saturated rings. The van der Waals surface area contributed by atoms with Gasteiger partial charge in [0.1, 0.15) is 18.7 Å². The van der Waals surface area contributed by atoms with Crippen molar-refractivity contribution in [3.8, 4) is 5.82 Å². The second-order valence-corrected chi connectivity index (χ2v) is 7.43. The largest absolute Gasteiger partial charge is 0.368 e. The Morgan fingerprint density at radius 1 is 1.13 bits per heavy atom. The fraction of sp³-hybridized carbons (Fsp3) is 0.400. The van der Waals surface area contributed by atoms with E-state index in [1.54, 1.807) is 10.7 Å². The molecule has 3 aromatic rings. The van der Waals surface area contributed by atoms with Crippen molar-refractivity contribution in [1.29, 1.82) is 0 Å². The summed E-state index contributed by atoms with van der Waals surface area (Å²) in [5.41, 5.74) is 2.53. The quantitative estimate of drug-likeness (QED) is 0.532. The minimum Gasteiger partial charge on any atom is -0.368 e. The molecule has 0 aliphatic heterocycles. The second kappa shape index (κ2) is 8.44. The lowest BCUT2D eigenvalue weighted by atomic mass is 10.3. The summed E-state index contributed by atoms with van der Waals surface area (Å²) in [6.07, 6.45) is 5.09. The van der Waals surface area contributed by atoms with Crippen LogP contribution in [0.3, 0.4) is 0 Å². The molecule has 1 aliphatic rings. The number of hydrogen-bond acceptors (Lipinski definition) is 7. The van der Waals surface area contributed by atoms with Gasteiger partial charge in [-0.1, -0.05) is 0 Å². The van der Waals surface area contributed by atoms with Gasteiger partial charge in [0.25, 0.3) is 5.56 Å². The fourth-order valence-corrected chi connectivity index (χ4v) is 3.18. The zero-order valence-electron chi connectivity index (χ0n) is 17.0. The zero-order valence-corrected chi connectivity index (χ0v) is 17.0. The Kier molecular flexibility index (Phi) is 5.55. The average molecular weight is 408 g/mol. The number of hydrogen-bond donors (Lipinski definition) is 2. The second-order valence-electron chi connectivity index (χ2n) is 7.43. The van der Waals surface area contributed by atoms with Gasteiger partial charge < -0.3 is 10.6 Å². The van der Waals surface area contributed by atoms with E-state index in [0.29, 0.717) is 30.6 Å². The van der Waals surface area contributed by atoms with Crippen molar-refractivity contribution in [3.63, 3.8) is 0 Å². The molecule has 3 heterocycles. The number of aryl methyl sites for hydroxylation is 2. The van der Waals surface area contributed by atoms with E-state index < -0.39 is 0 Å². The highest BCUT2D eigenvalue weighted by molar-refractivity contribution is 5.75. The van der Waals surface area contributed by atoms with Gasteiger partial charge in [0.2, 0.25) is 5.91 Å². The molecule has 2 N–H and O–H groups in total. The first kappa shape index (κ1) is 19.7. The Morgan fingerprint density at radius 3 is 2.67 bits per heavy atom. The highest BCUT2D eigenvalue weighted by Gasteiger charge is 2.25. The van der Waals surface area contributed by atoms with Crippen molar-refractivity contribution in [1.82, 2.24) is 34.6 Å². The molecule has 1 saturated carbocycles. The van der Waals surface area contributed by atoms with Gasteiger partial charge in [-0.15, -0.1) is 0 Å². The van der Waals surface area contributed by atoms with Crippen LogP contribution in [0.25, 0.3) is 5.82 Å². The summed E-state index contributed by atoms with van der Waals surface area (Å²) in [7, 11) is 0. The van der Waals surface area contributed by atoms with Crippen LogP contribution >= 0.6 is 0 Å². The summed E-state index contributed by atoms with van der Waals surface area (Å²) in [6, 6.07) is 5.31. The first-order valence-corrected chi connectivity index (χ1v) is 9.92. The Bertz CT molecular complexity index is 1120. The number of carbonyl (C=O) groups is 1. The summed E-state index contributed by atoms with van der Waals surface area (Å²) in [6.45, 7) is 4.71. The zero-order chi connectivity index (χ0) is 21.1. The fourth-order valence-electron chi connectivity index (χ4n) is 3.18. The SMILES string of the molecule is Cc1cc(C)n(-c2cc(NCCNC(=O)Cn3cnc(C4CC4)cc3=O)ncn2)n1. The number of rotatable bonds is 8. The number of carbonyl (C=O) groups excluding carboxylic acids is 1. The minimum absolute atomic E-state index is 0.0492. The third kappa shape index (κ3) is 4.70. The number of amides is 1. The lowest BCUT2D eigenvalue weighted by Gasteiger charge is -2.10. The van der Waals surface area contributed by atoms with Gasteiger partial charge in [-0.2, -0.15) is 5.10 Å². The molecular weight excluding hydrogens is 384 g/mol. The van der Waals surface area contributed by atoms with E-state index in [2.05, 4.69) is 30.7 Å². The van der Waals surface area contributed by atoms with Gasteiger partial charge in [0.15, 0.2) is 5.82 Å². The van der Waals surface area contributed by atoms with Gasteiger partial charge in [-0.05, 0) is 32.8 Å². The van der Waals surface area contributed by atoms with E-state index in [1.165, 1.54) is 23.3 Å². The maximum atomic E-state index is 12.1. The van der Waals surface area contributed by atoms with Gasteiger partial charge in [0.05, 0.1) is 17.7 Å². The summed E-state index contributed by atoms with van der Waals surface area (Å²) in [5, 5.41) is 10.4. The number of nitrogens with zero attached hydrogens (tertiary/aromatic N) is 6. The molecule has 0 bridgehead atoms. The van der Waals surface area contributed by atoms with E-state index in [-0.39, 0.29) is 18.0 Å². The molecule has 1 amide bonds. The molecule has 0 atom stereocenters. The first-order chi connectivity index (χ1) is 14.5. The van der Waals surface area contributed by atoms with Gasteiger partial charge in [-0.25, -0.2) is 19.6 Å². The Labute approximate surface area is 173 Å². The highest BCUT2D eigenvalue weighted by atomic mass is 16.2. The van der Waals surface area contributed by atoms with Crippen LogP contribution in [-0.2, 0) is 11.3 Å². The lowest BCUT2D eigenvalue weighted by Crippen LogP contribution is -2.34. The molecule has 0 spiro atoms. The van der Waals surface area contributed by atoms with E-state index >= 15 is 0 Å². The van der Waals surface area contributed by atoms with Crippen molar-refractivity contribution >= 4 is 11.7 Å². The third-order valence-corrected chi connectivity index (χ3v) is 4.84. The van der Waals surface area contributed by atoms with Crippen LogP contribution in [0.1, 0.15) is 35.8 Å². The third-order valence-electron chi connectivity index (χ3n) is 4.84. The molecular formula is C20H24N8O2. The predicted molar refractivity (Wildman–Crippen MR) is 111 cm³/mol. The van der Waals surface area contributed by atoms with Crippen molar-refractivity contribution in [2.24, 2.45) is 0 Å². The van der Waals surface area contributed by atoms with Crippen LogP contribution < -0.4 is 16.2 Å². The lowest BCUT2D eigenvalue weighted by molar-refractivity contribution is -0.121. The van der Waals surface area contributed by atoms with Crippen LogP contribution in [-0.4, -0.2) is 48.3 Å². The van der Waals surface area contributed by atoms with Crippen molar-refractivity contribution in [2.75, 3.05) is 18.4 Å².